The number of nitrogens with two attached hydrogens (primary N) is 1. The van der Waals surface area contributed by atoms with Crippen molar-refractivity contribution in [1.29, 1.82) is 0 Å². The first-order valence-corrected chi connectivity index (χ1v) is 10.3. The fourth-order valence-electron chi connectivity index (χ4n) is 4.48. The van der Waals surface area contributed by atoms with Gasteiger partial charge in [0.15, 0.2) is 0 Å². The van der Waals surface area contributed by atoms with Gasteiger partial charge < -0.3 is 16.0 Å². The highest BCUT2D eigenvalue weighted by molar-refractivity contribution is 6.02. The molecule has 5 nitrogen and oxygen atoms in total. The van der Waals surface area contributed by atoms with E-state index in [1.165, 1.54) is 32.1 Å². The predicted octanol–water partition coefficient (Wildman–Crippen LogP) is 3.99. The van der Waals surface area contributed by atoms with E-state index in [-0.39, 0.29) is 11.9 Å². The number of carbonyl (C=O) groups is 1. The van der Waals surface area contributed by atoms with E-state index >= 15 is 0 Å². The van der Waals surface area contributed by atoms with Crippen LogP contribution in [-0.2, 0) is 4.79 Å². The van der Waals surface area contributed by atoms with Crippen molar-refractivity contribution in [3.63, 3.8) is 0 Å². The Morgan fingerprint density at radius 1 is 1.19 bits per heavy atom. The summed E-state index contributed by atoms with van der Waals surface area (Å²) in [5.74, 6) is 1.64. The molecule has 1 atom stereocenters. The number of anilines is 2. The molecule has 2 aliphatic rings. The number of hydrogen-bond acceptors (Lipinski definition) is 4. The Morgan fingerprint density at radius 2 is 2.00 bits per heavy atom. The summed E-state index contributed by atoms with van der Waals surface area (Å²) in [7, 11) is 0. The number of nitrogens with zero attached hydrogens (tertiary/aromatic N) is 2. The van der Waals surface area contributed by atoms with Crippen molar-refractivity contribution in [3.8, 4) is 0 Å². The number of amides is 1. The molecule has 0 radical (unpaired) electrons. The van der Waals surface area contributed by atoms with E-state index in [9.17, 15) is 4.79 Å². The second kappa shape index (κ2) is 7.85. The Kier molecular flexibility index (Phi) is 5.30. The third-order valence-electron chi connectivity index (χ3n) is 6.08. The lowest BCUT2D eigenvalue weighted by atomic mass is 9.87. The molecule has 0 bridgehead atoms. The van der Waals surface area contributed by atoms with Crippen LogP contribution in [0.3, 0.4) is 0 Å². The number of carbonyl (C=O) groups excluding carboxylic acids is 1. The average Bonchev–Trinajstić information content (AvgIpc) is 3.11. The maximum Gasteiger partial charge on any atom is 0.224 e. The Balaban J connectivity index is 1.54. The molecule has 1 aromatic heterocycles. The van der Waals surface area contributed by atoms with Gasteiger partial charge in [-0.1, -0.05) is 25.3 Å². The van der Waals surface area contributed by atoms with E-state index in [0.29, 0.717) is 12.3 Å². The fraction of sp³-hybridized carbons (Fsp3) is 0.545. The van der Waals surface area contributed by atoms with Gasteiger partial charge in [-0.3, -0.25) is 4.79 Å². The standard InChI is InChI=1S/C22H30N4O/c1-15-7-9-19-18(8-10-20(24-19)26-12-11-17(23)14-26)22(15)25-21(27)13-16-5-3-2-4-6-16/h7-10,16-17H,2-6,11-14,23H2,1H3,(H,25,27)/t17-/m0/s1. The van der Waals surface area contributed by atoms with Gasteiger partial charge >= 0.3 is 0 Å². The molecule has 27 heavy (non-hydrogen) atoms. The van der Waals surface area contributed by atoms with Crippen LogP contribution in [0.25, 0.3) is 10.9 Å². The van der Waals surface area contributed by atoms with Crippen LogP contribution < -0.4 is 16.0 Å². The van der Waals surface area contributed by atoms with Crippen LogP contribution >= 0.6 is 0 Å². The minimum absolute atomic E-state index is 0.132. The summed E-state index contributed by atoms with van der Waals surface area (Å²) >= 11 is 0. The number of aryl methyl sites for hydroxylation is 1. The third-order valence-corrected chi connectivity index (χ3v) is 6.08. The Hall–Kier alpha value is -2.14. The Morgan fingerprint density at radius 3 is 2.74 bits per heavy atom. The number of rotatable bonds is 4. The van der Waals surface area contributed by atoms with Gasteiger partial charge in [0.2, 0.25) is 5.91 Å². The molecule has 1 saturated heterocycles. The van der Waals surface area contributed by atoms with Crippen molar-refractivity contribution in [1.82, 2.24) is 4.98 Å². The molecule has 5 heteroatoms. The maximum atomic E-state index is 12.6. The van der Waals surface area contributed by atoms with Gasteiger partial charge in [-0.05, 0) is 55.9 Å². The van der Waals surface area contributed by atoms with E-state index in [2.05, 4.69) is 22.3 Å². The molecular weight excluding hydrogens is 336 g/mol. The van der Waals surface area contributed by atoms with Gasteiger partial charge in [-0.15, -0.1) is 0 Å². The van der Waals surface area contributed by atoms with Gasteiger partial charge in [0.25, 0.3) is 0 Å². The summed E-state index contributed by atoms with van der Waals surface area (Å²) < 4.78 is 0. The molecule has 1 aliphatic heterocycles. The predicted molar refractivity (Wildman–Crippen MR) is 111 cm³/mol. The maximum absolute atomic E-state index is 12.6. The van der Waals surface area contributed by atoms with Crippen LogP contribution in [0.15, 0.2) is 24.3 Å². The quantitative estimate of drug-likeness (QED) is 0.858. The number of hydrogen-bond donors (Lipinski definition) is 2. The number of benzene rings is 1. The normalized spacial score (nSPS) is 21.0. The lowest BCUT2D eigenvalue weighted by Gasteiger charge is -2.21. The van der Waals surface area contributed by atoms with E-state index in [1.54, 1.807) is 0 Å². The van der Waals surface area contributed by atoms with Crippen LogP contribution in [0.1, 0.15) is 50.5 Å². The molecule has 4 rings (SSSR count). The zero-order chi connectivity index (χ0) is 18.8. The monoisotopic (exact) mass is 366 g/mol. The Labute approximate surface area is 161 Å². The summed E-state index contributed by atoms with van der Waals surface area (Å²) in [6, 6.07) is 8.46. The highest BCUT2D eigenvalue weighted by atomic mass is 16.1. The molecular formula is C22H30N4O. The molecule has 2 aromatic rings. The first kappa shape index (κ1) is 18.2. The minimum atomic E-state index is 0.132. The Bertz CT molecular complexity index is 828. The molecule has 3 N–H and O–H groups in total. The zero-order valence-electron chi connectivity index (χ0n) is 16.2. The van der Waals surface area contributed by atoms with Gasteiger partial charge in [0.05, 0.1) is 11.2 Å². The molecule has 0 unspecified atom stereocenters. The smallest absolute Gasteiger partial charge is 0.224 e. The van der Waals surface area contributed by atoms with E-state index < -0.39 is 0 Å². The number of aromatic nitrogens is 1. The second-order valence-corrected chi connectivity index (χ2v) is 8.24. The topological polar surface area (TPSA) is 71.2 Å². The number of pyridine rings is 1. The molecule has 2 fully saturated rings. The summed E-state index contributed by atoms with van der Waals surface area (Å²) in [5.41, 5.74) is 8.95. The highest BCUT2D eigenvalue weighted by Crippen LogP contribution is 2.31. The van der Waals surface area contributed by atoms with Gasteiger partial charge in [-0.2, -0.15) is 0 Å². The summed E-state index contributed by atoms with van der Waals surface area (Å²) in [5, 5.41) is 4.20. The van der Waals surface area contributed by atoms with Crippen LogP contribution in [0.2, 0.25) is 0 Å². The van der Waals surface area contributed by atoms with Crippen molar-refractivity contribution in [3.05, 3.63) is 29.8 Å². The van der Waals surface area contributed by atoms with Gasteiger partial charge in [0, 0.05) is 30.9 Å². The van der Waals surface area contributed by atoms with Crippen molar-refractivity contribution in [2.75, 3.05) is 23.3 Å². The van der Waals surface area contributed by atoms with E-state index in [4.69, 9.17) is 10.7 Å². The number of nitrogens with one attached hydrogen (secondary N) is 1. The number of fused-ring (bicyclic) bond motifs is 1. The molecule has 1 saturated carbocycles. The second-order valence-electron chi connectivity index (χ2n) is 8.24. The molecule has 144 valence electrons. The van der Waals surface area contributed by atoms with Crippen LogP contribution in [0.4, 0.5) is 11.5 Å². The highest BCUT2D eigenvalue weighted by Gasteiger charge is 2.21. The lowest BCUT2D eigenvalue weighted by Crippen LogP contribution is -2.26. The summed E-state index contributed by atoms with van der Waals surface area (Å²) in [6.07, 6.45) is 7.85. The third kappa shape index (κ3) is 4.08. The molecule has 1 amide bonds. The van der Waals surface area contributed by atoms with Crippen molar-refractivity contribution in [2.24, 2.45) is 11.7 Å². The van der Waals surface area contributed by atoms with Crippen molar-refractivity contribution >= 4 is 28.3 Å². The van der Waals surface area contributed by atoms with Crippen molar-refractivity contribution in [2.45, 2.75) is 57.9 Å². The van der Waals surface area contributed by atoms with E-state index in [0.717, 1.165) is 47.5 Å². The summed E-state index contributed by atoms with van der Waals surface area (Å²) in [6.45, 7) is 3.86. The van der Waals surface area contributed by atoms with Gasteiger partial charge in [-0.25, -0.2) is 4.98 Å². The SMILES string of the molecule is Cc1ccc2nc(N3CC[C@H](N)C3)ccc2c1NC(=O)CC1CCCCC1. The zero-order valence-corrected chi connectivity index (χ0v) is 16.2. The van der Waals surface area contributed by atoms with Crippen LogP contribution in [0, 0.1) is 12.8 Å². The lowest BCUT2D eigenvalue weighted by molar-refractivity contribution is -0.117. The molecule has 2 heterocycles. The first-order valence-electron chi connectivity index (χ1n) is 10.3. The molecule has 0 spiro atoms. The van der Waals surface area contributed by atoms with E-state index in [1.807, 2.05) is 19.1 Å². The van der Waals surface area contributed by atoms with Crippen molar-refractivity contribution < 1.29 is 4.79 Å². The minimum Gasteiger partial charge on any atom is -0.355 e. The first-order chi connectivity index (χ1) is 13.1. The molecule has 1 aliphatic carbocycles. The molecule has 1 aromatic carbocycles. The summed E-state index contributed by atoms with van der Waals surface area (Å²) in [4.78, 5) is 19.7. The van der Waals surface area contributed by atoms with Crippen LogP contribution in [0.5, 0.6) is 0 Å². The fourth-order valence-corrected chi connectivity index (χ4v) is 4.48. The largest absolute Gasteiger partial charge is 0.355 e. The average molecular weight is 367 g/mol. The van der Waals surface area contributed by atoms with Gasteiger partial charge in [0.1, 0.15) is 5.82 Å². The van der Waals surface area contributed by atoms with Crippen LogP contribution in [-0.4, -0.2) is 30.0 Å².